The lowest BCUT2D eigenvalue weighted by Gasteiger charge is -2.32. The van der Waals surface area contributed by atoms with Crippen LogP contribution >= 0.6 is 23.2 Å². The summed E-state index contributed by atoms with van der Waals surface area (Å²) in [6.45, 7) is 1.98. The van der Waals surface area contributed by atoms with E-state index in [1.54, 1.807) is 6.20 Å². The topological polar surface area (TPSA) is 36.4 Å². The molecule has 0 saturated heterocycles. The van der Waals surface area contributed by atoms with Crippen LogP contribution in [0.15, 0.2) is 66.9 Å². The predicted molar refractivity (Wildman–Crippen MR) is 126 cm³/mol. The number of allylic oxidation sites excluding steroid dienone is 3. The Labute approximate surface area is 186 Å². The first-order chi connectivity index (χ1) is 14.5. The number of aryl methyl sites for hydroxylation is 1. The number of aromatic nitrogens is 1. The minimum Gasteiger partial charge on any atom is -0.507 e. The Morgan fingerprint density at radius 2 is 1.80 bits per heavy atom. The van der Waals surface area contributed by atoms with Crippen molar-refractivity contribution in [3.8, 4) is 5.75 Å². The molecule has 2 aromatic carbocycles. The van der Waals surface area contributed by atoms with Crippen LogP contribution in [-0.2, 0) is 6.42 Å². The predicted octanol–water partition coefficient (Wildman–Crippen LogP) is 6.75. The molecule has 0 bridgehead atoms. The maximum Gasteiger partial charge on any atom is 0.132 e. The summed E-state index contributed by atoms with van der Waals surface area (Å²) in [6.07, 6.45) is 10.4. The van der Waals surface area contributed by atoms with Crippen LogP contribution in [-0.4, -0.2) is 17.1 Å². The highest BCUT2D eigenvalue weighted by Gasteiger charge is 2.26. The van der Waals surface area contributed by atoms with E-state index in [9.17, 15) is 5.11 Å². The summed E-state index contributed by atoms with van der Waals surface area (Å²) in [6, 6.07) is 13.4. The monoisotopic (exact) mass is 436 g/mol. The number of hydrogen-bond donors (Lipinski definition) is 1. The van der Waals surface area contributed by atoms with E-state index in [0.717, 1.165) is 33.6 Å². The van der Waals surface area contributed by atoms with Gasteiger partial charge in [-0.25, -0.2) is 4.98 Å². The number of pyridine rings is 1. The average Bonchev–Trinajstić information content (AvgIpc) is 2.97. The Hall–Kier alpha value is -2.75. The van der Waals surface area contributed by atoms with Gasteiger partial charge in [-0.05, 0) is 48.2 Å². The Morgan fingerprint density at radius 1 is 1.03 bits per heavy atom. The van der Waals surface area contributed by atoms with Crippen LogP contribution in [0.25, 0.3) is 6.08 Å². The first kappa shape index (κ1) is 20.5. The SMILES string of the molecule is Cc1cc(Cl)cnc1N(C)C(c1ccc(Cl)cc1)c1ccc2c(c1O)CC=CC=C2. The second-order valence-corrected chi connectivity index (χ2v) is 8.29. The van der Waals surface area contributed by atoms with E-state index >= 15 is 0 Å². The number of hydrogen-bond acceptors (Lipinski definition) is 3. The van der Waals surface area contributed by atoms with E-state index in [0.29, 0.717) is 22.2 Å². The lowest BCUT2D eigenvalue weighted by molar-refractivity contribution is 0.458. The van der Waals surface area contributed by atoms with E-state index in [1.807, 2.05) is 68.6 Å². The van der Waals surface area contributed by atoms with Gasteiger partial charge in [0.1, 0.15) is 11.6 Å². The molecule has 1 unspecified atom stereocenters. The molecule has 1 aliphatic rings. The normalized spacial score (nSPS) is 13.6. The van der Waals surface area contributed by atoms with Crippen molar-refractivity contribution in [2.45, 2.75) is 19.4 Å². The molecule has 1 aromatic heterocycles. The van der Waals surface area contributed by atoms with E-state index in [-0.39, 0.29) is 6.04 Å². The summed E-state index contributed by atoms with van der Waals surface area (Å²) in [5.41, 5.74) is 4.74. The van der Waals surface area contributed by atoms with Gasteiger partial charge in [0.2, 0.25) is 0 Å². The quantitative estimate of drug-likeness (QED) is 0.490. The number of nitrogens with zero attached hydrogens (tertiary/aromatic N) is 2. The molecule has 0 spiro atoms. The number of anilines is 1. The molecule has 0 saturated carbocycles. The van der Waals surface area contributed by atoms with Crippen LogP contribution in [0.1, 0.15) is 33.9 Å². The number of fused-ring (bicyclic) bond motifs is 1. The molecular formula is C25H22Cl2N2O. The number of phenolic OH excluding ortho intramolecular Hbond substituents is 1. The van der Waals surface area contributed by atoms with Crippen molar-refractivity contribution in [1.82, 2.24) is 4.98 Å². The fourth-order valence-corrected chi connectivity index (χ4v) is 4.31. The Kier molecular flexibility index (Phi) is 5.85. The molecular weight excluding hydrogens is 415 g/mol. The maximum absolute atomic E-state index is 11.3. The number of phenols is 1. The van der Waals surface area contributed by atoms with Gasteiger partial charge in [0.15, 0.2) is 0 Å². The van der Waals surface area contributed by atoms with Crippen molar-refractivity contribution in [3.05, 3.63) is 105 Å². The molecule has 0 radical (unpaired) electrons. The highest BCUT2D eigenvalue weighted by molar-refractivity contribution is 6.30. The van der Waals surface area contributed by atoms with Crippen molar-refractivity contribution >= 4 is 35.1 Å². The maximum atomic E-state index is 11.3. The van der Waals surface area contributed by atoms with Crippen molar-refractivity contribution in [2.24, 2.45) is 0 Å². The first-order valence-electron chi connectivity index (χ1n) is 9.74. The van der Waals surface area contributed by atoms with Gasteiger partial charge in [-0.3, -0.25) is 0 Å². The third-order valence-electron chi connectivity index (χ3n) is 5.41. The van der Waals surface area contributed by atoms with Crippen LogP contribution in [0.2, 0.25) is 10.0 Å². The van der Waals surface area contributed by atoms with Crippen LogP contribution < -0.4 is 4.90 Å². The van der Waals surface area contributed by atoms with Gasteiger partial charge in [0.25, 0.3) is 0 Å². The zero-order valence-corrected chi connectivity index (χ0v) is 18.3. The van der Waals surface area contributed by atoms with E-state index in [2.05, 4.69) is 22.0 Å². The van der Waals surface area contributed by atoms with Crippen molar-refractivity contribution in [1.29, 1.82) is 0 Å². The molecule has 4 rings (SSSR count). The van der Waals surface area contributed by atoms with Crippen molar-refractivity contribution < 1.29 is 5.11 Å². The molecule has 1 heterocycles. The van der Waals surface area contributed by atoms with Crippen LogP contribution in [0.3, 0.4) is 0 Å². The lowest BCUT2D eigenvalue weighted by Crippen LogP contribution is -2.27. The van der Waals surface area contributed by atoms with Gasteiger partial charge in [0.05, 0.1) is 11.1 Å². The smallest absolute Gasteiger partial charge is 0.132 e. The Balaban J connectivity index is 1.88. The fraction of sp³-hybridized carbons (Fsp3) is 0.160. The molecule has 30 heavy (non-hydrogen) atoms. The third kappa shape index (κ3) is 3.96. The average molecular weight is 437 g/mol. The molecule has 152 valence electrons. The van der Waals surface area contributed by atoms with Crippen LogP contribution in [0.5, 0.6) is 5.75 Å². The number of rotatable bonds is 4. The second-order valence-electron chi connectivity index (χ2n) is 7.42. The van der Waals surface area contributed by atoms with Crippen molar-refractivity contribution in [3.63, 3.8) is 0 Å². The summed E-state index contributed by atoms with van der Waals surface area (Å²) in [5, 5.41) is 12.6. The minimum absolute atomic E-state index is 0.254. The number of benzene rings is 2. The number of halogens is 2. The van der Waals surface area contributed by atoms with E-state index in [1.165, 1.54) is 0 Å². The Bertz CT molecular complexity index is 1140. The molecule has 0 aliphatic heterocycles. The Morgan fingerprint density at radius 3 is 2.53 bits per heavy atom. The third-order valence-corrected chi connectivity index (χ3v) is 5.87. The molecule has 1 aliphatic carbocycles. The molecule has 1 N–H and O–H groups in total. The largest absolute Gasteiger partial charge is 0.507 e. The first-order valence-corrected chi connectivity index (χ1v) is 10.5. The van der Waals surface area contributed by atoms with Crippen LogP contribution in [0, 0.1) is 6.92 Å². The zero-order valence-electron chi connectivity index (χ0n) is 16.8. The summed E-state index contributed by atoms with van der Waals surface area (Å²) < 4.78 is 0. The second kappa shape index (κ2) is 8.55. The van der Waals surface area contributed by atoms with E-state index < -0.39 is 0 Å². The zero-order chi connectivity index (χ0) is 21.3. The van der Waals surface area contributed by atoms with Gasteiger partial charge in [-0.15, -0.1) is 0 Å². The fourth-order valence-electron chi connectivity index (χ4n) is 3.97. The summed E-state index contributed by atoms with van der Waals surface area (Å²) in [5.74, 6) is 1.11. The molecule has 3 aromatic rings. The lowest BCUT2D eigenvalue weighted by atomic mass is 9.91. The highest BCUT2D eigenvalue weighted by Crippen LogP contribution is 2.40. The summed E-state index contributed by atoms with van der Waals surface area (Å²) in [7, 11) is 1.98. The molecule has 0 amide bonds. The van der Waals surface area contributed by atoms with Gasteiger partial charge in [-0.1, -0.05) is 71.8 Å². The van der Waals surface area contributed by atoms with Gasteiger partial charge in [0, 0.05) is 29.4 Å². The molecule has 3 nitrogen and oxygen atoms in total. The highest BCUT2D eigenvalue weighted by atomic mass is 35.5. The number of aromatic hydroxyl groups is 1. The standard InChI is InChI=1S/C25H22Cl2N2O/c1-16-14-20(27)15-28-25(16)29(2)23(18-8-11-19(26)12-9-18)22-13-10-17-6-4-3-5-7-21(17)24(22)30/h3-6,8-15,23,30H,7H2,1-2H3. The minimum atomic E-state index is -0.254. The van der Waals surface area contributed by atoms with Gasteiger partial charge in [-0.2, -0.15) is 0 Å². The summed E-state index contributed by atoms with van der Waals surface area (Å²) >= 11 is 12.3. The molecule has 1 atom stereocenters. The van der Waals surface area contributed by atoms with Crippen molar-refractivity contribution in [2.75, 3.05) is 11.9 Å². The molecule has 0 fully saturated rings. The van der Waals surface area contributed by atoms with E-state index in [4.69, 9.17) is 23.2 Å². The van der Waals surface area contributed by atoms with Gasteiger partial charge < -0.3 is 10.0 Å². The van der Waals surface area contributed by atoms with Crippen LogP contribution in [0.4, 0.5) is 5.82 Å². The molecule has 5 heteroatoms. The van der Waals surface area contributed by atoms with Gasteiger partial charge >= 0.3 is 0 Å². The summed E-state index contributed by atoms with van der Waals surface area (Å²) in [4.78, 5) is 6.63.